The standard InChI is InChI=1S/C26H34N6O5S/c1-26(2,3)37-25(34)31-14-6-7-18(16-31)21-8-5-9-22(30-21)20-15-27-32-17-19(10-11-23(20)32)29-24(33)12-13-28-38(4,35)36/h5,8-11,15,17-18,28H,6-7,12-14,16H2,1-4H3,(H,29,33). The third-order valence-corrected chi connectivity index (χ3v) is 6.78. The lowest BCUT2D eigenvalue weighted by Gasteiger charge is -2.34. The van der Waals surface area contributed by atoms with Crippen LogP contribution >= 0.6 is 0 Å². The number of hydrogen-bond acceptors (Lipinski definition) is 7. The number of piperidine rings is 1. The van der Waals surface area contributed by atoms with E-state index in [1.54, 1.807) is 27.9 Å². The number of fused-ring (bicyclic) bond motifs is 1. The van der Waals surface area contributed by atoms with E-state index in [-0.39, 0.29) is 30.9 Å². The average Bonchev–Trinajstić information content (AvgIpc) is 3.26. The minimum Gasteiger partial charge on any atom is -0.444 e. The first-order chi connectivity index (χ1) is 17.9. The zero-order valence-corrected chi connectivity index (χ0v) is 22.9. The molecule has 4 rings (SSSR count). The molecule has 1 saturated heterocycles. The minimum atomic E-state index is -3.34. The smallest absolute Gasteiger partial charge is 0.410 e. The molecule has 38 heavy (non-hydrogen) atoms. The van der Waals surface area contributed by atoms with Crippen molar-refractivity contribution in [2.45, 2.75) is 51.6 Å². The van der Waals surface area contributed by atoms with E-state index >= 15 is 0 Å². The molecule has 1 fully saturated rings. The van der Waals surface area contributed by atoms with Gasteiger partial charge in [0.05, 0.1) is 35.5 Å². The van der Waals surface area contributed by atoms with Gasteiger partial charge in [-0.2, -0.15) is 5.10 Å². The third kappa shape index (κ3) is 7.29. The number of likely N-dealkylation sites (tertiary alicyclic amines) is 1. The molecule has 0 radical (unpaired) electrons. The Labute approximate surface area is 222 Å². The van der Waals surface area contributed by atoms with Crippen LogP contribution in [0.3, 0.4) is 0 Å². The topological polar surface area (TPSA) is 135 Å². The van der Waals surface area contributed by atoms with Gasteiger partial charge in [0.15, 0.2) is 0 Å². The van der Waals surface area contributed by atoms with Gasteiger partial charge in [-0.25, -0.2) is 22.4 Å². The number of hydrogen-bond donors (Lipinski definition) is 2. The van der Waals surface area contributed by atoms with E-state index in [9.17, 15) is 18.0 Å². The van der Waals surface area contributed by atoms with Crippen molar-refractivity contribution in [3.63, 3.8) is 0 Å². The Morgan fingerprint density at radius 1 is 1.18 bits per heavy atom. The zero-order chi connectivity index (χ0) is 27.5. The number of pyridine rings is 2. The number of rotatable bonds is 7. The maximum absolute atomic E-state index is 12.6. The normalized spacial score (nSPS) is 16.4. The summed E-state index contributed by atoms with van der Waals surface area (Å²) >= 11 is 0. The molecule has 4 heterocycles. The van der Waals surface area contributed by atoms with E-state index in [1.807, 2.05) is 45.0 Å². The summed E-state index contributed by atoms with van der Waals surface area (Å²) in [4.78, 5) is 31.4. The van der Waals surface area contributed by atoms with E-state index < -0.39 is 15.6 Å². The molecule has 11 nitrogen and oxygen atoms in total. The molecule has 1 unspecified atom stereocenters. The van der Waals surface area contributed by atoms with Crippen molar-refractivity contribution in [2.75, 3.05) is 31.2 Å². The lowest BCUT2D eigenvalue weighted by molar-refractivity contribution is -0.116. The Kier molecular flexibility index (Phi) is 8.02. The predicted molar refractivity (Wildman–Crippen MR) is 144 cm³/mol. The molecule has 204 valence electrons. The molecular weight excluding hydrogens is 508 g/mol. The number of ether oxygens (including phenoxy) is 1. The summed E-state index contributed by atoms with van der Waals surface area (Å²) in [6, 6.07) is 9.51. The average molecular weight is 543 g/mol. The number of sulfonamides is 1. The second-order valence-corrected chi connectivity index (χ2v) is 12.3. The van der Waals surface area contributed by atoms with Gasteiger partial charge in [-0.05, 0) is 57.9 Å². The highest BCUT2D eigenvalue weighted by molar-refractivity contribution is 7.88. The molecule has 0 bridgehead atoms. The SMILES string of the molecule is CC(C)(C)OC(=O)N1CCCC(c2cccc(-c3cnn4cc(NC(=O)CCNS(C)(=O)=O)ccc34)n2)C1. The molecular formula is C26H34N6O5S. The molecule has 0 spiro atoms. The predicted octanol–water partition coefficient (Wildman–Crippen LogP) is 3.39. The van der Waals surface area contributed by atoms with Gasteiger partial charge >= 0.3 is 6.09 Å². The van der Waals surface area contributed by atoms with Crippen LogP contribution in [0, 0.1) is 0 Å². The lowest BCUT2D eigenvalue weighted by atomic mass is 9.94. The number of aromatic nitrogens is 3. The van der Waals surface area contributed by atoms with E-state index in [0.717, 1.165) is 41.6 Å². The van der Waals surface area contributed by atoms with Gasteiger partial charge in [0, 0.05) is 43.2 Å². The fourth-order valence-electron chi connectivity index (χ4n) is 4.37. The Morgan fingerprint density at radius 3 is 2.71 bits per heavy atom. The van der Waals surface area contributed by atoms with Crippen LogP contribution in [-0.4, -0.2) is 71.4 Å². The number of anilines is 1. The lowest BCUT2D eigenvalue weighted by Crippen LogP contribution is -2.42. The maximum atomic E-state index is 12.6. The van der Waals surface area contributed by atoms with E-state index in [1.165, 1.54) is 0 Å². The van der Waals surface area contributed by atoms with Gasteiger partial charge in [-0.1, -0.05) is 6.07 Å². The molecule has 1 atom stereocenters. The monoisotopic (exact) mass is 542 g/mol. The van der Waals surface area contributed by atoms with Gasteiger partial charge in [0.2, 0.25) is 15.9 Å². The first-order valence-electron chi connectivity index (χ1n) is 12.5. The third-order valence-electron chi connectivity index (χ3n) is 6.05. The second kappa shape index (κ2) is 11.1. The molecule has 1 aliphatic heterocycles. The van der Waals surface area contributed by atoms with Gasteiger partial charge in [-0.3, -0.25) is 9.78 Å². The molecule has 2 N–H and O–H groups in total. The van der Waals surface area contributed by atoms with Crippen molar-refractivity contribution in [2.24, 2.45) is 0 Å². The maximum Gasteiger partial charge on any atom is 0.410 e. The first kappa shape index (κ1) is 27.5. The van der Waals surface area contributed by atoms with Crippen molar-refractivity contribution in [3.05, 3.63) is 48.4 Å². The second-order valence-electron chi connectivity index (χ2n) is 10.5. The van der Waals surface area contributed by atoms with Gasteiger partial charge < -0.3 is 15.0 Å². The number of carbonyl (C=O) groups excluding carboxylic acids is 2. The Morgan fingerprint density at radius 2 is 1.97 bits per heavy atom. The van der Waals surface area contributed by atoms with Crippen molar-refractivity contribution in [3.8, 4) is 11.3 Å². The molecule has 0 aromatic carbocycles. The highest BCUT2D eigenvalue weighted by Gasteiger charge is 2.29. The quantitative estimate of drug-likeness (QED) is 0.467. The van der Waals surface area contributed by atoms with Crippen LogP contribution in [0.1, 0.15) is 51.6 Å². The summed E-state index contributed by atoms with van der Waals surface area (Å²) in [7, 11) is -3.34. The van der Waals surface area contributed by atoms with E-state index in [4.69, 9.17) is 9.72 Å². The number of nitrogens with zero attached hydrogens (tertiary/aromatic N) is 4. The van der Waals surface area contributed by atoms with Crippen molar-refractivity contribution < 1.29 is 22.7 Å². The van der Waals surface area contributed by atoms with E-state index in [0.29, 0.717) is 18.8 Å². The van der Waals surface area contributed by atoms with Gasteiger partial charge in [0.1, 0.15) is 5.60 Å². The molecule has 2 amide bonds. The van der Waals surface area contributed by atoms with Crippen LogP contribution in [0.25, 0.3) is 16.8 Å². The van der Waals surface area contributed by atoms with Gasteiger partial charge in [-0.15, -0.1) is 0 Å². The highest BCUT2D eigenvalue weighted by Crippen LogP contribution is 2.30. The summed E-state index contributed by atoms with van der Waals surface area (Å²) in [5.74, 6) is -0.202. The number of amides is 2. The summed E-state index contributed by atoms with van der Waals surface area (Å²) < 4.78 is 31.8. The Hall–Kier alpha value is -3.51. The van der Waals surface area contributed by atoms with E-state index in [2.05, 4.69) is 15.1 Å². The van der Waals surface area contributed by atoms with Crippen LogP contribution in [0.4, 0.5) is 10.5 Å². The number of carbonyl (C=O) groups is 2. The van der Waals surface area contributed by atoms with Crippen LogP contribution < -0.4 is 10.0 Å². The summed E-state index contributed by atoms with van der Waals surface area (Å²) in [6.07, 6.45) is 6.01. The molecule has 0 aliphatic carbocycles. The zero-order valence-electron chi connectivity index (χ0n) is 22.1. The fourth-order valence-corrected chi connectivity index (χ4v) is 4.84. The molecule has 0 saturated carbocycles. The van der Waals surface area contributed by atoms with Crippen molar-refractivity contribution >= 4 is 33.2 Å². The summed E-state index contributed by atoms with van der Waals surface area (Å²) in [5.41, 5.74) is 3.37. The van der Waals surface area contributed by atoms with Crippen LogP contribution in [0.15, 0.2) is 42.7 Å². The van der Waals surface area contributed by atoms with Crippen LogP contribution in [0.2, 0.25) is 0 Å². The minimum absolute atomic E-state index is 0.0126. The molecule has 3 aromatic heterocycles. The van der Waals surface area contributed by atoms with Crippen LogP contribution in [0.5, 0.6) is 0 Å². The van der Waals surface area contributed by atoms with Gasteiger partial charge in [0.25, 0.3) is 0 Å². The number of nitrogens with one attached hydrogen (secondary N) is 2. The van der Waals surface area contributed by atoms with Crippen LogP contribution in [-0.2, 0) is 19.6 Å². The Bertz CT molecular complexity index is 1430. The molecule has 1 aliphatic rings. The molecule has 3 aromatic rings. The largest absolute Gasteiger partial charge is 0.444 e. The van der Waals surface area contributed by atoms with Crippen molar-refractivity contribution in [1.82, 2.24) is 24.2 Å². The first-order valence-corrected chi connectivity index (χ1v) is 14.4. The summed E-state index contributed by atoms with van der Waals surface area (Å²) in [6.45, 7) is 6.85. The summed E-state index contributed by atoms with van der Waals surface area (Å²) in [5, 5.41) is 7.19. The Balaban J connectivity index is 1.46. The molecule has 12 heteroatoms. The fraction of sp³-hybridized carbons (Fsp3) is 0.462. The van der Waals surface area contributed by atoms with Crippen molar-refractivity contribution in [1.29, 1.82) is 0 Å². The highest BCUT2D eigenvalue weighted by atomic mass is 32.2.